The van der Waals surface area contributed by atoms with Crippen molar-refractivity contribution < 1.29 is 14.3 Å². The van der Waals surface area contributed by atoms with Crippen LogP contribution in [0.25, 0.3) is 0 Å². The molecule has 0 aliphatic carbocycles. The number of nitrogens with one attached hydrogen (secondary N) is 1. The Balaban J connectivity index is 1.58. The number of rotatable bonds is 7. The molecule has 1 atom stereocenters. The number of amides is 2. The Morgan fingerprint density at radius 2 is 1.97 bits per heavy atom. The lowest BCUT2D eigenvalue weighted by molar-refractivity contribution is -0.0391. The van der Waals surface area contributed by atoms with Gasteiger partial charge in [-0.15, -0.1) is 0 Å². The van der Waals surface area contributed by atoms with E-state index in [1.807, 2.05) is 30.0 Å². The highest BCUT2D eigenvalue weighted by Crippen LogP contribution is 2.27. The number of aromatic nitrogens is 1. The molecule has 1 saturated heterocycles. The van der Waals surface area contributed by atoms with Gasteiger partial charge < -0.3 is 24.6 Å². The lowest BCUT2D eigenvalue weighted by atomic mass is 10.2. The minimum Gasteiger partial charge on any atom is -0.359 e. The molecule has 1 aromatic heterocycles. The van der Waals surface area contributed by atoms with Crippen LogP contribution < -0.4 is 15.4 Å². The number of hydrogen-bond acceptors (Lipinski definition) is 5. The van der Waals surface area contributed by atoms with Gasteiger partial charge in [0.1, 0.15) is 12.6 Å². The molecule has 9 heteroatoms. The number of carbonyl (C=O) groups is 1. The van der Waals surface area contributed by atoms with Crippen molar-refractivity contribution >= 4 is 42.4 Å². The van der Waals surface area contributed by atoms with Gasteiger partial charge in [0.2, 0.25) is 0 Å². The molecule has 1 fully saturated rings. The average Bonchev–Trinajstić information content (AvgIpc) is 2.73. The summed E-state index contributed by atoms with van der Waals surface area (Å²) in [5.41, 5.74) is 1.71. The Bertz CT molecular complexity index is 920. The van der Waals surface area contributed by atoms with Crippen molar-refractivity contribution in [2.75, 3.05) is 43.8 Å². The summed E-state index contributed by atoms with van der Waals surface area (Å²) in [5.74, 6) is 0.732. The second-order valence-electron chi connectivity index (χ2n) is 9.15. The first-order valence-corrected chi connectivity index (χ1v) is 14.7. The number of anilines is 2. The minimum atomic E-state index is -1.35. The van der Waals surface area contributed by atoms with Crippen LogP contribution in [0, 0.1) is 0 Å². The van der Waals surface area contributed by atoms with Crippen LogP contribution in [0.1, 0.15) is 12.5 Å². The number of ether oxygens (including phenoxy) is 2. The van der Waals surface area contributed by atoms with Gasteiger partial charge in [-0.25, -0.2) is 9.78 Å². The van der Waals surface area contributed by atoms with Crippen LogP contribution in [-0.4, -0.2) is 63.6 Å². The smallest absolute Gasteiger partial charge is 0.322 e. The Morgan fingerprint density at radius 1 is 1.25 bits per heavy atom. The molecule has 2 aromatic rings. The van der Waals surface area contributed by atoms with Crippen molar-refractivity contribution in [2.24, 2.45) is 0 Å². The molecule has 174 valence electrons. The van der Waals surface area contributed by atoms with E-state index in [0.717, 1.165) is 17.1 Å². The summed E-state index contributed by atoms with van der Waals surface area (Å²) in [5, 5.41) is 4.99. The number of urea groups is 1. The summed E-state index contributed by atoms with van der Waals surface area (Å²) in [7, 11) is 0.229. The highest BCUT2D eigenvalue weighted by molar-refractivity contribution is 6.88. The van der Waals surface area contributed by atoms with E-state index in [2.05, 4.69) is 47.0 Å². The Morgan fingerprint density at radius 3 is 2.56 bits per heavy atom. The molecule has 0 spiro atoms. The molecule has 3 rings (SSSR count). The average molecular weight is 477 g/mol. The van der Waals surface area contributed by atoms with Crippen molar-refractivity contribution in [3.05, 3.63) is 47.1 Å². The fraction of sp³-hybridized carbons (Fsp3) is 0.478. The molecule has 1 aliphatic heterocycles. The van der Waals surface area contributed by atoms with Crippen LogP contribution in [0.5, 0.6) is 0 Å². The highest BCUT2D eigenvalue weighted by atomic mass is 35.5. The van der Waals surface area contributed by atoms with E-state index < -0.39 is 8.07 Å². The van der Waals surface area contributed by atoms with E-state index in [4.69, 9.17) is 21.1 Å². The van der Waals surface area contributed by atoms with Gasteiger partial charge in [0.15, 0.2) is 0 Å². The van der Waals surface area contributed by atoms with Gasteiger partial charge in [-0.1, -0.05) is 48.6 Å². The van der Waals surface area contributed by atoms with Gasteiger partial charge >= 0.3 is 6.03 Å². The number of carbonyl (C=O) groups excluding carboxylic acids is 1. The van der Waals surface area contributed by atoms with E-state index >= 15 is 0 Å². The molecule has 2 amide bonds. The first-order valence-electron chi connectivity index (χ1n) is 10.8. The lowest BCUT2D eigenvalue weighted by Crippen LogP contribution is -2.55. The summed E-state index contributed by atoms with van der Waals surface area (Å²) >= 11 is 6.49. The van der Waals surface area contributed by atoms with Gasteiger partial charge in [-0.05, 0) is 30.7 Å². The highest BCUT2D eigenvalue weighted by Gasteiger charge is 2.29. The van der Waals surface area contributed by atoms with Crippen LogP contribution in [0.3, 0.4) is 0 Å². The first kappa shape index (κ1) is 24.5. The third-order valence-electron chi connectivity index (χ3n) is 5.54. The van der Waals surface area contributed by atoms with Crippen LogP contribution in [0.2, 0.25) is 24.7 Å². The van der Waals surface area contributed by atoms with Crippen LogP contribution >= 0.6 is 11.6 Å². The molecule has 1 unspecified atom stereocenters. The van der Waals surface area contributed by atoms with E-state index in [1.54, 1.807) is 13.3 Å². The number of benzene rings is 1. The molecule has 0 radical (unpaired) electrons. The quantitative estimate of drug-likeness (QED) is 0.369. The van der Waals surface area contributed by atoms with Gasteiger partial charge in [0.25, 0.3) is 0 Å². The van der Waals surface area contributed by atoms with Gasteiger partial charge in [-0.2, -0.15) is 0 Å². The number of hydrogen-bond donors (Lipinski definition) is 1. The number of piperazine rings is 1. The third kappa shape index (κ3) is 6.22. The molecular weight excluding hydrogens is 444 g/mol. The molecular formula is C23H33ClN4O3Si. The second kappa shape index (κ2) is 10.7. The zero-order valence-corrected chi connectivity index (χ0v) is 21.3. The fourth-order valence-electron chi connectivity index (χ4n) is 3.73. The molecule has 32 heavy (non-hydrogen) atoms. The molecule has 1 N–H and O–H groups in total. The minimum absolute atomic E-state index is 0.0209. The Labute approximate surface area is 196 Å². The maximum Gasteiger partial charge on any atom is 0.322 e. The zero-order chi connectivity index (χ0) is 23.3. The van der Waals surface area contributed by atoms with Gasteiger partial charge in [-0.3, -0.25) is 0 Å². The maximum atomic E-state index is 12.9. The summed E-state index contributed by atoms with van der Waals surface area (Å²) in [6.45, 7) is 11.5. The van der Waals surface area contributed by atoms with Crippen LogP contribution in [0.15, 0.2) is 36.5 Å². The second-order valence-corrected chi connectivity index (χ2v) is 14.6. The third-order valence-corrected chi connectivity index (χ3v) is 7.88. The topological polar surface area (TPSA) is 66.9 Å². The molecule has 0 bridgehead atoms. The monoisotopic (exact) mass is 476 g/mol. The summed E-state index contributed by atoms with van der Waals surface area (Å²) in [6.07, 6.45) is 1.77. The number of nitrogens with zero attached hydrogens (tertiary/aromatic N) is 3. The normalized spacial score (nSPS) is 16.9. The summed E-state index contributed by atoms with van der Waals surface area (Å²) < 4.78 is 10.2. The van der Waals surface area contributed by atoms with Crippen molar-refractivity contribution in [2.45, 2.75) is 39.2 Å². The molecule has 2 heterocycles. The van der Waals surface area contributed by atoms with Gasteiger partial charge in [0, 0.05) is 44.7 Å². The Hall–Kier alpha value is -2.13. The van der Waals surface area contributed by atoms with E-state index in [-0.39, 0.29) is 18.9 Å². The predicted molar refractivity (Wildman–Crippen MR) is 133 cm³/mol. The maximum absolute atomic E-state index is 12.9. The van der Waals surface area contributed by atoms with Crippen molar-refractivity contribution in [3.63, 3.8) is 0 Å². The van der Waals surface area contributed by atoms with Crippen LogP contribution in [-0.2, 0) is 16.1 Å². The fourth-order valence-corrected chi connectivity index (χ4v) is 5.20. The van der Waals surface area contributed by atoms with Gasteiger partial charge in [0.05, 0.1) is 19.7 Å². The Kier molecular flexibility index (Phi) is 8.16. The standard InChI is InChI=1S/C23H33ClN4O3Si/c1-17-14-27(22-21(24)12-18(13-25-22)15-31-16-30-2)10-11-28(17)23(29)26-19-6-8-20(9-7-19)32(3,4)5/h6-9,12-13,17H,10-11,14-16H2,1-5H3,(H,26,29). The predicted octanol–water partition coefficient (Wildman–Crippen LogP) is 4.14. The number of halogens is 1. The van der Waals surface area contributed by atoms with Crippen LogP contribution in [0.4, 0.5) is 16.3 Å². The first-order chi connectivity index (χ1) is 15.2. The molecule has 7 nitrogen and oxygen atoms in total. The van der Waals surface area contributed by atoms with Crippen molar-refractivity contribution in [1.29, 1.82) is 0 Å². The molecule has 1 aliphatic rings. The summed E-state index contributed by atoms with van der Waals surface area (Å²) in [6, 6.07) is 10.0. The van der Waals surface area contributed by atoms with E-state index in [0.29, 0.717) is 31.3 Å². The van der Waals surface area contributed by atoms with E-state index in [1.165, 1.54) is 5.19 Å². The summed E-state index contributed by atoms with van der Waals surface area (Å²) in [4.78, 5) is 21.4. The van der Waals surface area contributed by atoms with E-state index in [9.17, 15) is 4.79 Å². The largest absolute Gasteiger partial charge is 0.359 e. The molecule has 1 aromatic carbocycles. The number of pyridine rings is 1. The number of methoxy groups -OCH3 is 1. The SMILES string of the molecule is COCOCc1cnc(N2CCN(C(=O)Nc3ccc([Si](C)(C)C)cc3)C(C)C2)c(Cl)c1. The lowest BCUT2D eigenvalue weighted by Gasteiger charge is -2.40. The van der Waals surface area contributed by atoms with Crippen molar-refractivity contribution in [3.8, 4) is 0 Å². The molecule has 0 saturated carbocycles. The van der Waals surface area contributed by atoms with Crippen molar-refractivity contribution in [1.82, 2.24) is 9.88 Å². The zero-order valence-electron chi connectivity index (χ0n) is 19.5.